The third-order valence-electron chi connectivity index (χ3n) is 2.96. The molecule has 1 aromatic carbocycles. The number of carbonyl (C=O) groups excluding carboxylic acids is 1. The van der Waals surface area contributed by atoms with Crippen LogP contribution in [-0.2, 0) is 4.79 Å². The normalized spacial score (nSPS) is 12.3. The van der Waals surface area contributed by atoms with Crippen molar-refractivity contribution >= 4 is 56.5 Å². The highest BCUT2D eigenvalue weighted by Gasteiger charge is 2.17. The van der Waals surface area contributed by atoms with Crippen molar-refractivity contribution in [3.63, 3.8) is 0 Å². The number of thiophene rings is 1. The first-order chi connectivity index (χ1) is 10.6. The highest BCUT2D eigenvalue weighted by atomic mass is 35.5. The Hall–Kier alpha value is -1.63. The SMILES string of the molecule is CC(Sc1ncnc2ccsc12)C(=O)Nc1cccc(Cl)c1. The van der Waals surface area contributed by atoms with Crippen molar-refractivity contribution in [2.75, 3.05) is 5.32 Å². The lowest BCUT2D eigenvalue weighted by Crippen LogP contribution is -2.22. The summed E-state index contributed by atoms with van der Waals surface area (Å²) in [5.74, 6) is -0.0874. The lowest BCUT2D eigenvalue weighted by molar-refractivity contribution is -0.115. The van der Waals surface area contributed by atoms with E-state index in [1.807, 2.05) is 24.4 Å². The zero-order chi connectivity index (χ0) is 15.5. The van der Waals surface area contributed by atoms with Crippen LogP contribution in [-0.4, -0.2) is 21.1 Å². The van der Waals surface area contributed by atoms with Crippen molar-refractivity contribution in [2.45, 2.75) is 17.2 Å². The molecule has 1 atom stereocenters. The summed E-state index contributed by atoms with van der Waals surface area (Å²) in [7, 11) is 0. The van der Waals surface area contributed by atoms with Crippen LogP contribution in [0.15, 0.2) is 47.1 Å². The predicted octanol–water partition coefficient (Wildman–Crippen LogP) is 4.46. The number of thioether (sulfide) groups is 1. The summed E-state index contributed by atoms with van der Waals surface area (Å²) >= 11 is 8.92. The standard InChI is InChI=1S/C15H12ClN3OS2/c1-9(14(20)19-11-4-2-3-10(16)7-11)22-15-13-12(5-6-21-13)17-8-18-15/h2-9H,1H3,(H,19,20). The van der Waals surface area contributed by atoms with E-state index in [1.165, 1.54) is 18.1 Å². The molecule has 22 heavy (non-hydrogen) atoms. The first-order valence-electron chi connectivity index (χ1n) is 6.55. The van der Waals surface area contributed by atoms with Gasteiger partial charge in [0, 0.05) is 10.7 Å². The molecule has 0 bridgehead atoms. The molecule has 0 aliphatic heterocycles. The van der Waals surface area contributed by atoms with Crippen LogP contribution in [0.5, 0.6) is 0 Å². The van der Waals surface area contributed by atoms with Crippen molar-refractivity contribution in [1.29, 1.82) is 0 Å². The number of hydrogen-bond acceptors (Lipinski definition) is 5. The fourth-order valence-corrected chi connectivity index (χ4v) is 3.91. The van der Waals surface area contributed by atoms with E-state index in [4.69, 9.17) is 11.6 Å². The molecule has 0 fully saturated rings. The van der Waals surface area contributed by atoms with Crippen molar-refractivity contribution in [1.82, 2.24) is 9.97 Å². The number of carbonyl (C=O) groups is 1. The lowest BCUT2D eigenvalue weighted by atomic mass is 10.3. The molecule has 2 aromatic heterocycles. The van der Waals surface area contributed by atoms with Crippen LogP contribution in [0.1, 0.15) is 6.92 Å². The lowest BCUT2D eigenvalue weighted by Gasteiger charge is -2.12. The molecule has 1 amide bonds. The van der Waals surface area contributed by atoms with Gasteiger partial charge in [0.2, 0.25) is 5.91 Å². The summed E-state index contributed by atoms with van der Waals surface area (Å²) in [6.45, 7) is 1.85. The molecule has 1 unspecified atom stereocenters. The molecule has 3 rings (SSSR count). The molecule has 4 nitrogen and oxygen atoms in total. The van der Waals surface area contributed by atoms with E-state index in [-0.39, 0.29) is 11.2 Å². The molecule has 2 heterocycles. The third kappa shape index (κ3) is 3.40. The van der Waals surface area contributed by atoms with Gasteiger partial charge in [0.05, 0.1) is 15.5 Å². The Kier molecular flexibility index (Phi) is 4.61. The monoisotopic (exact) mass is 349 g/mol. The number of nitrogens with zero attached hydrogens (tertiary/aromatic N) is 2. The number of anilines is 1. The first kappa shape index (κ1) is 15.3. The Morgan fingerprint density at radius 3 is 3.05 bits per heavy atom. The van der Waals surface area contributed by atoms with Gasteiger partial charge in [0.1, 0.15) is 11.4 Å². The fraction of sp³-hybridized carbons (Fsp3) is 0.133. The minimum Gasteiger partial charge on any atom is -0.325 e. The summed E-state index contributed by atoms with van der Waals surface area (Å²) in [5.41, 5.74) is 1.60. The highest BCUT2D eigenvalue weighted by Crippen LogP contribution is 2.31. The van der Waals surface area contributed by atoms with E-state index in [9.17, 15) is 4.79 Å². The van der Waals surface area contributed by atoms with Gasteiger partial charge in [-0.15, -0.1) is 11.3 Å². The van der Waals surface area contributed by atoms with Gasteiger partial charge in [-0.25, -0.2) is 9.97 Å². The number of aromatic nitrogens is 2. The maximum Gasteiger partial charge on any atom is 0.237 e. The van der Waals surface area contributed by atoms with Gasteiger partial charge >= 0.3 is 0 Å². The van der Waals surface area contributed by atoms with Crippen LogP contribution in [0.25, 0.3) is 10.2 Å². The molecule has 0 aliphatic rings. The summed E-state index contributed by atoms with van der Waals surface area (Å²) < 4.78 is 1.01. The van der Waals surface area contributed by atoms with Gasteiger partial charge in [-0.05, 0) is 36.6 Å². The summed E-state index contributed by atoms with van der Waals surface area (Å²) in [5, 5.41) is 5.97. The number of amides is 1. The van der Waals surface area contributed by atoms with Gasteiger partial charge in [-0.3, -0.25) is 4.79 Å². The molecule has 0 radical (unpaired) electrons. The van der Waals surface area contributed by atoms with Gasteiger partial charge in [0.15, 0.2) is 0 Å². The zero-order valence-electron chi connectivity index (χ0n) is 11.6. The van der Waals surface area contributed by atoms with Crippen LogP contribution >= 0.6 is 34.7 Å². The second-order valence-electron chi connectivity index (χ2n) is 4.57. The van der Waals surface area contributed by atoms with Crippen molar-refractivity contribution in [3.05, 3.63) is 47.1 Å². The molecule has 0 spiro atoms. The first-order valence-corrected chi connectivity index (χ1v) is 8.68. The molecule has 112 valence electrons. The zero-order valence-corrected chi connectivity index (χ0v) is 14.0. The number of benzene rings is 1. The third-order valence-corrected chi connectivity index (χ3v) is 5.34. The quantitative estimate of drug-likeness (QED) is 0.558. The van der Waals surface area contributed by atoms with Gasteiger partial charge in [-0.2, -0.15) is 0 Å². The molecule has 7 heteroatoms. The minimum absolute atomic E-state index is 0.0874. The second-order valence-corrected chi connectivity index (χ2v) is 7.26. The van der Waals surface area contributed by atoms with Gasteiger partial charge in [-0.1, -0.05) is 29.4 Å². The molecule has 0 aliphatic carbocycles. The Balaban J connectivity index is 1.72. The Labute approximate surface area is 140 Å². The molecule has 3 aromatic rings. The topological polar surface area (TPSA) is 54.9 Å². The number of fused-ring (bicyclic) bond motifs is 1. The maximum absolute atomic E-state index is 12.3. The smallest absolute Gasteiger partial charge is 0.237 e. The van der Waals surface area contributed by atoms with Crippen LogP contribution in [0.4, 0.5) is 5.69 Å². The van der Waals surface area contributed by atoms with Crippen molar-refractivity contribution < 1.29 is 4.79 Å². The molecular formula is C15H12ClN3OS2. The van der Waals surface area contributed by atoms with E-state index >= 15 is 0 Å². The van der Waals surface area contributed by atoms with Crippen LogP contribution in [0.3, 0.4) is 0 Å². The number of hydrogen-bond donors (Lipinski definition) is 1. The Morgan fingerprint density at radius 2 is 2.23 bits per heavy atom. The van der Waals surface area contributed by atoms with Crippen LogP contribution < -0.4 is 5.32 Å². The molecular weight excluding hydrogens is 338 g/mol. The minimum atomic E-state index is -0.279. The number of rotatable bonds is 4. The Morgan fingerprint density at radius 1 is 1.36 bits per heavy atom. The molecule has 0 saturated heterocycles. The second kappa shape index (κ2) is 6.64. The fourth-order valence-electron chi connectivity index (χ4n) is 1.88. The average molecular weight is 350 g/mol. The van der Waals surface area contributed by atoms with Crippen molar-refractivity contribution in [3.8, 4) is 0 Å². The predicted molar refractivity (Wildman–Crippen MR) is 92.8 cm³/mol. The summed E-state index contributed by atoms with van der Waals surface area (Å²) in [4.78, 5) is 20.8. The maximum atomic E-state index is 12.3. The molecule has 0 saturated carbocycles. The highest BCUT2D eigenvalue weighted by molar-refractivity contribution is 8.00. The largest absolute Gasteiger partial charge is 0.325 e. The van der Waals surface area contributed by atoms with E-state index in [2.05, 4.69) is 15.3 Å². The van der Waals surface area contributed by atoms with Gasteiger partial charge < -0.3 is 5.32 Å². The van der Waals surface area contributed by atoms with Crippen LogP contribution in [0, 0.1) is 0 Å². The number of nitrogens with one attached hydrogen (secondary N) is 1. The summed E-state index contributed by atoms with van der Waals surface area (Å²) in [6, 6.07) is 9.05. The van der Waals surface area contributed by atoms with Gasteiger partial charge in [0.25, 0.3) is 0 Å². The summed E-state index contributed by atoms with van der Waals surface area (Å²) in [6.07, 6.45) is 1.53. The average Bonchev–Trinajstić information content (AvgIpc) is 2.96. The van der Waals surface area contributed by atoms with E-state index in [0.717, 1.165) is 15.2 Å². The van der Waals surface area contributed by atoms with E-state index in [0.29, 0.717) is 10.7 Å². The Bertz CT molecular complexity index is 821. The van der Waals surface area contributed by atoms with Crippen LogP contribution in [0.2, 0.25) is 5.02 Å². The number of halogens is 1. The van der Waals surface area contributed by atoms with E-state index in [1.54, 1.807) is 29.5 Å². The molecule has 1 N–H and O–H groups in total. The van der Waals surface area contributed by atoms with E-state index < -0.39 is 0 Å². The van der Waals surface area contributed by atoms with Crippen molar-refractivity contribution in [2.24, 2.45) is 0 Å².